The fourth-order valence-corrected chi connectivity index (χ4v) is 1.86. The molecule has 0 atom stereocenters. The van der Waals surface area contributed by atoms with E-state index < -0.39 is 0 Å². The Morgan fingerprint density at radius 3 is 2.70 bits per heavy atom. The Bertz CT molecular complexity index is 184. The van der Waals surface area contributed by atoms with Crippen LogP contribution in [0.2, 0.25) is 0 Å². The monoisotopic (exact) mass is 250 g/mol. The van der Waals surface area contributed by atoms with E-state index in [2.05, 4.69) is 27.9 Å². The van der Waals surface area contributed by atoms with Gasteiger partial charge in [-0.1, -0.05) is 0 Å². The third kappa shape index (κ3) is 1.51. The van der Waals surface area contributed by atoms with Gasteiger partial charge in [0.25, 0.3) is 0 Å². The van der Waals surface area contributed by atoms with Gasteiger partial charge in [0, 0.05) is 18.3 Å². The summed E-state index contributed by atoms with van der Waals surface area (Å²) in [7, 11) is 1.93. The molecule has 1 rings (SSSR count). The first-order chi connectivity index (χ1) is 4.75. The Labute approximate surface area is 74.7 Å². The first-order valence-electron chi connectivity index (χ1n) is 3.40. The van der Waals surface area contributed by atoms with Crippen LogP contribution in [-0.4, -0.2) is 10.8 Å². The fourth-order valence-electron chi connectivity index (χ4n) is 1.26. The normalized spacial score (nSPS) is 17.8. The van der Waals surface area contributed by atoms with Crippen LogP contribution in [0.3, 0.4) is 0 Å². The molecule has 2 N–H and O–H groups in total. The summed E-state index contributed by atoms with van der Waals surface area (Å²) in [5.74, 6) is 0. The highest BCUT2D eigenvalue weighted by Gasteiger charge is 2.14. The highest BCUT2D eigenvalue weighted by molar-refractivity contribution is 14.1. The molecule has 0 spiro atoms. The van der Waals surface area contributed by atoms with Crippen LogP contribution in [-0.2, 0) is 0 Å². The van der Waals surface area contributed by atoms with Crippen molar-refractivity contribution in [1.82, 2.24) is 5.32 Å². The summed E-state index contributed by atoms with van der Waals surface area (Å²) < 4.78 is 0.694. The van der Waals surface area contributed by atoms with Gasteiger partial charge < -0.3 is 5.32 Å². The first kappa shape index (κ1) is 8.04. The van der Waals surface area contributed by atoms with Crippen molar-refractivity contribution in [2.24, 2.45) is 0 Å². The van der Waals surface area contributed by atoms with E-state index in [1.54, 1.807) is 0 Å². The summed E-state index contributed by atoms with van der Waals surface area (Å²) >= 11 is 2.07. The molecule has 0 heterocycles. The van der Waals surface area contributed by atoms with Gasteiger partial charge in [-0.2, -0.15) is 0 Å². The maximum Gasteiger partial charge on any atom is 0.0968 e. The molecule has 3 heteroatoms. The minimum atomic E-state index is 0.694. The van der Waals surface area contributed by atoms with Crippen LogP contribution in [0.1, 0.15) is 19.3 Å². The minimum Gasteiger partial charge on any atom is -0.391 e. The molecule has 0 amide bonds. The molecule has 0 bridgehead atoms. The van der Waals surface area contributed by atoms with Crippen LogP contribution in [0.25, 0.3) is 0 Å². The maximum absolute atomic E-state index is 7.41. The van der Waals surface area contributed by atoms with Crippen molar-refractivity contribution < 1.29 is 0 Å². The van der Waals surface area contributed by atoms with Gasteiger partial charge in [0.1, 0.15) is 0 Å². The van der Waals surface area contributed by atoms with E-state index in [1.165, 1.54) is 17.7 Å². The second kappa shape index (κ2) is 3.37. The molecule has 56 valence electrons. The number of halogens is 1. The van der Waals surface area contributed by atoms with Crippen molar-refractivity contribution in [3.63, 3.8) is 0 Å². The number of hydrogen-bond donors (Lipinski definition) is 2. The van der Waals surface area contributed by atoms with Crippen molar-refractivity contribution in [2.45, 2.75) is 19.3 Å². The van der Waals surface area contributed by atoms with E-state index in [4.69, 9.17) is 5.41 Å². The largest absolute Gasteiger partial charge is 0.391 e. The van der Waals surface area contributed by atoms with Crippen molar-refractivity contribution >= 4 is 26.3 Å². The molecule has 0 aromatic carbocycles. The van der Waals surface area contributed by atoms with E-state index in [0.717, 1.165) is 12.8 Å². The molecular formula is C7H11IN2. The zero-order chi connectivity index (χ0) is 7.56. The molecule has 10 heavy (non-hydrogen) atoms. The lowest BCUT2D eigenvalue weighted by molar-refractivity contribution is 0.846. The molecule has 0 aromatic heterocycles. The highest BCUT2D eigenvalue weighted by Crippen LogP contribution is 2.26. The third-order valence-corrected chi connectivity index (χ3v) is 2.44. The summed E-state index contributed by atoms with van der Waals surface area (Å²) in [6.07, 6.45) is 3.41. The SMILES string of the molecule is CNC1=C(C(=N)I)CCC1. The Balaban J connectivity index is 2.78. The van der Waals surface area contributed by atoms with Gasteiger partial charge in [-0.15, -0.1) is 0 Å². The zero-order valence-electron chi connectivity index (χ0n) is 6.00. The van der Waals surface area contributed by atoms with Crippen molar-refractivity contribution in [2.75, 3.05) is 7.05 Å². The summed E-state index contributed by atoms with van der Waals surface area (Å²) in [6.45, 7) is 0. The zero-order valence-corrected chi connectivity index (χ0v) is 8.16. The average molecular weight is 250 g/mol. The molecule has 2 nitrogen and oxygen atoms in total. The fraction of sp³-hybridized carbons (Fsp3) is 0.571. The van der Waals surface area contributed by atoms with Gasteiger partial charge in [0.05, 0.1) is 3.72 Å². The quantitative estimate of drug-likeness (QED) is 0.571. The molecule has 1 aliphatic carbocycles. The summed E-state index contributed by atoms with van der Waals surface area (Å²) in [5.41, 5.74) is 2.47. The van der Waals surface area contributed by atoms with E-state index in [0.29, 0.717) is 3.72 Å². The van der Waals surface area contributed by atoms with Crippen LogP contribution < -0.4 is 5.32 Å². The van der Waals surface area contributed by atoms with Crippen LogP contribution in [0.15, 0.2) is 11.3 Å². The standard InChI is InChI=1S/C7H11IN2/c1-10-6-4-2-3-5(6)7(8)9/h9-10H,2-4H2,1H3. The van der Waals surface area contributed by atoms with Crippen molar-refractivity contribution in [3.05, 3.63) is 11.3 Å². The molecule has 0 saturated carbocycles. The van der Waals surface area contributed by atoms with Crippen LogP contribution >= 0.6 is 22.6 Å². The molecule has 0 aliphatic heterocycles. The topological polar surface area (TPSA) is 35.9 Å². The van der Waals surface area contributed by atoms with Gasteiger partial charge >= 0.3 is 0 Å². The van der Waals surface area contributed by atoms with E-state index in [1.807, 2.05) is 7.05 Å². The second-order valence-electron chi connectivity index (χ2n) is 2.37. The average Bonchev–Trinajstić information content (AvgIpc) is 2.33. The predicted molar refractivity (Wildman–Crippen MR) is 51.7 cm³/mol. The van der Waals surface area contributed by atoms with Gasteiger partial charge in [-0.05, 0) is 41.9 Å². The maximum atomic E-state index is 7.41. The van der Waals surface area contributed by atoms with E-state index in [9.17, 15) is 0 Å². The van der Waals surface area contributed by atoms with Gasteiger partial charge in [0.15, 0.2) is 0 Å². The molecular weight excluding hydrogens is 239 g/mol. The lowest BCUT2D eigenvalue weighted by atomic mass is 10.2. The van der Waals surface area contributed by atoms with E-state index in [-0.39, 0.29) is 0 Å². The predicted octanol–water partition coefficient (Wildman–Crippen LogP) is 2.06. The molecule has 0 unspecified atom stereocenters. The molecule has 0 radical (unpaired) electrons. The molecule has 0 aromatic rings. The number of rotatable bonds is 2. The Morgan fingerprint density at radius 1 is 1.60 bits per heavy atom. The Morgan fingerprint density at radius 2 is 2.30 bits per heavy atom. The molecule has 0 fully saturated rings. The van der Waals surface area contributed by atoms with Crippen LogP contribution in [0.5, 0.6) is 0 Å². The Kier molecular flexibility index (Phi) is 2.71. The molecule has 1 aliphatic rings. The number of hydrogen-bond acceptors (Lipinski definition) is 2. The van der Waals surface area contributed by atoms with Gasteiger partial charge in [-0.3, -0.25) is 5.41 Å². The van der Waals surface area contributed by atoms with Gasteiger partial charge in [0.2, 0.25) is 0 Å². The van der Waals surface area contributed by atoms with Crippen LogP contribution in [0.4, 0.5) is 0 Å². The van der Waals surface area contributed by atoms with Crippen LogP contribution in [0, 0.1) is 5.41 Å². The molecule has 0 saturated heterocycles. The minimum absolute atomic E-state index is 0.694. The first-order valence-corrected chi connectivity index (χ1v) is 4.47. The number of allylic oxidation sites excluding steroid dienone is 2. The lowest BCUT2D eigenvalue weighted by Gasteiger charge is -2.02. The second-order valence-corrected chi connectivity index (χ2v) is 3.45. The third-order valence-electron chi connectivity index (χ3n) is 1.78. The smallest absolute Gasteiger partial charge is 0.0968 e. The Hall–Kier alpha value is -0.0600. The van der Waals surface area contributed by atoms with Gasteiger partial charge in [-0.25, -0.2) is 0 Å². The van der Waals surface area contributed by atoms with Crippen molar-refractivity contribution in [3.8, 4) is 0 Å². The summed E-state index contributed by atoms with van der Waals surface area (Å²) in [4.78, 5) is 0. The number of nitrogens with one attached hydrogen (secondary N) is 2. The highest BCUT2D eigenvalue weighted by atomic mass is 127. The summed E-state index contributed by atoms with van der Waals surface area (Å²) in [5, 5.41) is 10.5. The van der Waals surface area contributed by atoms with E-state index >= 15 is 0 Å². The lowest BCUT2D eigenvalue weighted by Crippen LogP contribution is -2.06. The van der Waals surface area contributed by atoms with Crippen molar-refractivity contribution in [1.29, 1.82) is 5.41 Å². The summed E-state index contributed by atoms with van der Waals surface area (Å²) in [6, 6.07) is 0.